The van der Waals surface area contributed by atoms with Crippen molar-refractivity contribution in [3.05, 3.63) is 0 Å². The molecule has 0 saturated heterocycles. The van der Waals surface area contributed by atoms with Gasteiger partial charge in [-0.3, -0.25) is 4.79 Å². The monoisotopic (exact) mass is 130 g/mol. The molecule has 0 fully saturated rings. The molecule has 0 aliphatic rings. The zero-order valence-corrected chi connectivity index (χ0v) is 5.97. The highest BCUT2D eigenvalue weighted by Gasteiger charge is 2.07. The Labute approximate surface area is 55.1 Å². The Morgan fingerprint density at radius 3 is 1.89 bits per heavy atom. The number of carbonyl (C=O) groups excluding carboxylic acids is 1. The fraction of sp³-hybridized carbons (Fsp3) is 0.833. The molecule has 0 heterocycles. The highest BCUT2D eigenvalue weighted by atomic mass is 16.3. The molecule has 0 spiro atoms. The van der Waals surface area contributed by atoms with Crippen LogP contribution >= 0.6 is 0 Å². The quantitative estimate of drug-likeness (QED) is 0.545. The molecule has 9 heavy (non-hydrogen) atoms. The lowest BCUT2D eigenvalue weighted by Crippen LogP contribution is -2.34. The number of amides is 1. The van der Waals surface area contributed by atoms with Gasteiger partial charge in [-0.05, 0) is 6.92 Å². The molecule has 0 aliphatic heterocycles. The Balaban J connectivity index is 3.51. The molecule has 0 aromatic carbocycles. The molecule has 1 radical (unpaired) electrons. The van der Waals surface area contributed by atoms with Crippen molar-refractivity contribution in [1.29, 1.82) is 0 Å². The maximum Gasteiger partial charge on any atom is 0.224 e. The minimum atomic E-state index is -0.986. The number of hydrogen-bond acceptors (Lipinski definition) is 1. The maximum atomic E-state index is 10.6. The molecule has 1 amide bonds. The molecule has 3 nitrogen and oxygen atoms in total. The van der Waals surface area contributed by atoms with Crippen molar-refractivity contribution in [3.63, 3.8) is 0 Å². The fourth-order valence-electron chi connectivity index (χ4n) is 0.367. The summed E-state index contributed by atoms with van der Waals surface area (Å²) in [7, 11) is 0. The van der Waals surface area contributed by atoms with Crippen molar-refractivity contribution in [2.75, 3.05) is 0 Å². The van der Waals surface area contributed by atoms with Crippen molar-refractivity contribution in [2.24, 2.45) is 5.92 Å². The molecule has 1 N–H and O–H groups in total. The van der Waals surface area contributed by atoms with E-state index < -0.39 is 6.23 Å². The lowest BCUT2D eigenvalue weighted by atomic mass is 10.2. The van der Waals surface area contributed by atoms with Crippen LogP contribution in [-0.2, 0) is 9.90 Å². The second-order valence-electron chi connectivity index (χ2n) is 2.31. The molecule has 0 rings (SSSR count). The summed E-state index contributed by atoms with van der Waals surface area (Å²) in [6, 6.07) is 0. The molecule has 0 saturated carbocycles. The summed E-state index contributed by atoms with van der Waals surface area (Å²) in [4.78, 5) is 10.6. The van der Waals surface area contributed by atoms with Gasteiger partial charge in [-0.15, -0.1) is 0 Å². The van der Waals surface area contributed by atoms with Crippen LogP contribution in [0.1, 0.15) is 20.8 Å². The molecule has 1 unspecified atom stereocenters. The molecular formula is C6H12NO2. The van der Waals surface area contributed by atoms with E-state index in [2.05, 4.69) is 5.32 Å². The van der Waals surface area contributed by atoms with Gasteiger partial charge >= 0.3 is 0 Å². The summed E-state index contributed by atoms with van der Waals surface area (Å²) in [5.74, 6) is -0.279. The Morgan fingerprint density at radius 1 is 1.33 bits per heavy atom. The largest absolute Gasteiger partial charge is 0.328 e. The molecule has 0 aromatic rings. The predicted molar refractivity (Wildman–Crippen MR) is 33.1 cm³/mol. The number of carbonyl (C=O) groups is 1. The summed E-state index contributed by atoms with van der Waals surface area (Å²) in [5, 5.41) is 12.6. The highest BCUT2D eigenvalue weighted by molar-refractivity contribution is 5.77. The molecule has 0 aromatic heterocycles. The van der Waals surface area contributed by atoms with Crippen LogP contribution in [0.4, 0.5) is 0 Å². The average molecular weight is 130 g/mol. The second kappa shape index (κ2) is 3.45. The van der Waals surface area contributed by atoms with Crippen molar-refractivity contribution in [3.8, 4) is 0 Å². The Morgan fingerprint density at radius 2 is 1.78 bits per heavy atom. The standard InChI is InChI=1S/C6H12NO2/c1-4(2)6(9)7-5(3)8/h4-5H,1-3H3,(H,7,9). The summed E-state index contributed by atoms with van der Waals surface area (Å²) in [6.07, 6.45) is -0.986. The van der Waals surface area contributed by atoms with Gasteiger partial charge in [0.25, 0.3) is 0 Å². The van der Waals surface area contributed by atoms with Gasteiger partial charge in [-0.25, -0.2) is 5.11 Å². The van der Waals surface area contributed by atoms with E-state index in [0.29, 0.717) is 0 Å². The molecule has 3 heteroatoms. The van der Waals surface area contributed by atoms with E-state index >= 15 is 0 Å². The van der Waals surface area contributed by atoms with Gasteiger partial charge in [0.2, 0.25) is 5.91 Å². The first kappa shape index (κ1) is 8.43. The van der Waals surface area contributed by atoms with Crippen LogP contribution in [0.2, 0.25) is 0 Å². The minimum Gasteiger partial charge on any atom is -0.328 e. The van der Waals surface area contributed by atoms with Crippen LogP contribution in [0.25, 0.3) is 0 Å². The van der Waals surface area contributed by atoms with Crippen LogP contribution in [0, 0.1) is 5.92 Å². The van der Waals surface area contributed by atoms with E-state index in [1.54, 1.807) is 13.8 Å². The SMILES string of the molecule is CC([O])NC(=O)C(C)C. The third kappa shape index (κ3) is 3.97. The summed E-state index contributed by atoms with van der Waals surface area (Å²) in [5.41, 5.74) is 0. The average Bonchev–Trinajstić information content (AvgIpc) is 1.63. The van der Waals surface area contributed by atoms with Gasteiger partial charge in [0.15, 0.2) is 6.23 Å². The maximum absolute atomic E-state index is 10.6. The molecule has 0 bridgehead atoms. The number of hydrogen-bond donors (Lipinski definition) is 1. The molecule has 0 aliphatic carbocycles. The smallest absolute Gasteiger partial charge is 0.224 e. The van der Waals surface area contributed by atoms with E-state index in [9.17, 15) is 9.90 Å². The first-order valence-corrected chi connectivity index (χ1v) is 3.00. The van der Waals surface area contributed by atoms with Gasteiger partial charge in [0.1, 0.15) is 0 Å². The van der Waals surface area contributed by atoms with Crippen molar-refractivity contribution in [2.45, 2.75) is 27.0 Å². The summed E-state index contributed by atoms with van der Waals surface area (Å²) < 4.78 is 0. The lowest BCUT2D eigenvalue weighted by Gasteiger charge is -2.06. The van der Waals surface area contributed by atoms with Gasteiger partial charge in [0.05, 0.1) is 0 Å². The molecule has 53 valence electrons. The van der Waals surface area contributed by atoms with Gasteiger partial charge in [-0.1, -0.05) is 13.8 Å². The van der Waals surface area contributed by atoms with Gasteiger partial charge < -0.3 is 5.32 Å². The zero-order valence-electron chi connectivity index (χ0n) is 5.97. The Bertz CT molecular complexity index is 99.2. The second-order valence-corrected chi connectivity index (χ2v) is 2.31. The first-order valence-electron chi connectivity index (χ1n) is 3.00. The zero-order chi connectivity index (χ0) is 7.44. The van der Waals surface area contributed by atoms with Crippen molar-refractivity contribution in [1.82, 2.24) is 5.32 Å². The van der Waals surface area contributed by atoms with E-state index in [1.807, 2.05) is 0 Å². The molecular weight excluding hydrogens is 118 g/mol. The normalized spacial score (nSPS) is 13.4. The summed E-state index contributed by atoms with van der Waals surface area (Å²) >= 11 is 0. The van der Waals surface area contributed by atoms with Crippen LogP contribution in [-0.4, -0.2) is 12.1 Å². The van der Waals surface area contributed by atoms with E-state index in [4.69, 9.17) is 0 Å². The number of rotatable bonds is 2. The van der Waals surface area contributed by atoms with Crippen molar-refractivity contribution >= 4 is 5.91 Å². The van der Waals surface area contributed by atoms with E-state index in [0.717, 1.165) is 0 Å². The first-order chi connectivity index (χ1) is 4.04. The third-order valence-electron chi connectivity index (χ3n) is 0.870. The Kier molecular flexibility index (Phi) is 3.24. The highest BCUT2D eigenvalue weighted by Crippen LogP contribution is 1.90. The van der Waals surface area contributed by atoms with E-state index in [-0.39, 0.29) is 11.8 Å². The summed E-state index contributed by atoms with van der Waals surface area (Å²) in [6.45, 7) is 4.90. The van der Waals surface area contributed by atoms with E-state index in [1.165, 1.54) is 6.92 Å². The fourth-order valence-corrected chi connectivity index (χ4v) is 0.367. The third-order valence-corrected chi connectivity index (χ3v) is 0.870. The number of nitrogens with one attached hydrogen (secondary N) is 1. The van der Waals surface area contributed by atoms with Crippen LogP contribution in [0.3, 0.4) is 0 Å². The van der Waals surface area contributed by atoms with Crippen LogP contribution in [0.5, 0.6) is 0 Å². The lowest BCUT2D eigenvalue weighted by molar-refractivity contribution is -0.127. The van der Waals surface area contributed by atoms with Crippen LogP contribution in [0.15, 0.2) is 0 Å². The molecule has 1 atom stereocenters. The minimum absolute atomic E-state index is 0.0959. The Hall–Kier alpha value is -0.570. The van der Waals surface area contributed by atoms with Crippen LogP contribution < -0.4 is 5.32 Å². The van der Waals surface area contributed by atoms with Crippen molar-refractivity contribution < 1.29 is 9.90 Å². The van der Waals surface area contributed by atoms with Gasteiger partial charge in [0, 0.05) is 5.92 Å². The van der Waals surface area contributed by atoms with Gasteiger partial charge in [-0.2, -0.15) is 0 Å². The topological polar surface area (TPSA) is 49.0 Å². The predicted octanol–water partition coefficient (Wildman–Crippen LogP) is 0.535.